The van der Waals surface area contributed by atoms with E-state index in [-0.39, 0.29) is 0 Å². The molecule has 0 aliphatic rings. The van der Waals surface area contributed by atoms with E-state index in [2.05, 4.69) is 55.1 Å². The molecule has 0 unspecified atom stereocenters. The van der Waals surface area contributed by atoms with Crippen LogP contribution in [0.15, 0.2) is 11.0 Å². The molecule has 1 aromatic rings. The van der Waals surface area contributed by atoms with Crippen molar-refractivity contribution >= 4 is 40.9 Å². The SMILES string of the molecule is CCc1cc(C)c(S)c(CCI)c1N. The van der Waals surface area contributed by atoms with Gasteiger partial charge in [0.25, 0.3) is 0 Å². The van der Waals surface area contributed by atoms with Crippen LogP contribution in [0.2, 0.25) is 0 Å². The first-order valence-corrected chi connectivity index (χ1v) is 6.74. The van der Waals surface area contributed by atoms with Crippen molar-refractivity contribution in [1.29, 1.82) is 0 Å². The van der Waals surface area contributed by atoms with Crippen LogP contribution in [0.5, 0.6) is 0 Å². The van der Waals surface area contributed by atoms with Crippen molar-refractivity contribution in [3.63, 3.8) is 0 Å². The number of hydrogen-bond donors (Lipinski definition) is 2. The van der Waals surface area contributed by atoms with Gasteiger partial charge in [-0.25, -0.2) is 0 Å². The first-order valence-electron chi connectivity index (χ1n) is 4.77. The predicted octanol–water partition coefficient (Wildman–Crippen LogP) is 3.41. The molecule has 14 heavy (non-hydrogen) atoms. The van der Waals surface area contributed by atoms with E-state index in [1.54, 1.807) is 0 Å². The molecule has 0 saturated heterocycles. The van der Waals surface area contributed by atoms with Crippen LogP contribution < -0.4 is 5.73 Å². The van der Waals surface area contributed by atoms with Gasteiger partial charge >= 0.3 is 0 Å². The second-order valence-electron chi connectivity index (χ2n) is 3.39. The number of alkyl halides is 1. The van der Waals surface area contributed by atoms with E-state index in [0.717, 1.165) is 27.9 Å². The summed E-state index contributed by atoms with van der Waals surface area (Å²) in [5.74, 6) is 0. The van der Waals surface area contributed by atoms with Crippen molar-refractivity contribution in [2.24, 2.45) is 0 Å². The fourth-order valence-electron chi connectivity index (χ4n) is 1.61. The van der Waals surface area contributed by atoms with Gasteiger partial charge in [0.15, 0.2) is 0 Å². The molecule has 3 heteroatoms. The molecular weight excluding hydrogens is 305 g/mol. The van der Waals surface area contributed by atoms with Crippen LogP contribution in [-0.2, 0) is 12.8 Å². The molecule has 0 spiro atoms. The van der Waals surface area contributed by atoms with E-state index >= 15 is 0 Å². The molecule has 0 aromatic heterocycles. The quantitative estimate of drug-likeness (QED) is 0.379. The van der Waals surface area contributed by atoms with Gasteiger partial charge in [0.05, 0.1) is 0 Å². The summed E-state index contributed by atoms with van der Waals surface area (Å²) >= 11 is 6.89. The molecule has 1 aromatic carbocycles. The molecule has 1 nitrogen and oxygen atoms in total. The third-order valence-electron chi connectivity index (χ3n) is 2.45. The van der Waals surface area contributed by atoms with Crippen LogP contribution in [0.3, 0.4) is 0 Å². The van der Waals surface area contributed by atoms with Gasteiger partial charge in [-0.3, -0.25) is 0 Å². The fourth-order valence-corrected chi connectivity index (χ4v) is 2.44. The van der Waals surface area contributed by atoms with Crippen molar-refractivity contribution in [1.82, 2.24) is 0 Å². The number of halogens is 1. The molecular formula is C11H16INS. The number of aryl methyl sites for hydroxylation is 2. The first kappa shape index (κ1) is 12.2. The van der Waals surface area contributed by atoms with Crippen molar-refractivity contribution in [3.8, 4) is 0 Å². The molecule has 2 N–H and O–H groups in total. The topological polar surface area (TPSA) is 26.0 Å². The molecule has 0 radical (unpaired) electrons. The lowest BCUT2D eigenvalue weighted by molar-refractivity contribution is 1.05. The monoisotopic (exact) mass is 321 g/mol. The Balaban J connectivity index is 3.29. The maximum absolute atomic E-state index is 6.10. The van der Waals surface area contributed by atoms with E-state index in [1.165, 1.54) is 16.7 Å². The van der Waals surface area contributed by atoms with Gasteiger partial charge in [0.1, 0.15) is 0 Å². The zero-order valence-corrected chi connectivity index (χ0v) is 11.7. The zero-order chi connectivity index (χ0) is 10.7. The molecule has 78 valence electrons. The van der Waals surface area contributed by atoms with Crippen molar-refractivity contribution in [2.75, 3.05) is 10.2 Å². The Morgan fingerprint density at radius 3 is 2.64 bits per heavy atom. The lowest BCUT2D eigenvalue weighted by Crippen LogP contribution is -2.03. The van der Waals surface area contributed by atoms with Crippen molar-refractivity contribution < 1.29 is 0 Å². The van der Waals surface area contributed by atoms with Gasteiger partial charge < -0.3 is 5.73 Å². The minimum atomic E-state index is 0.944. The van der Waals surface area contributed by atoms with Gasteiger partial charge in [-0.15, -0.1) is 12.6 Å². The van der Waals surface area contributed by atoms with E-state index in [9.17, 15) is 0 Å². The molecule has 0 atom stereocenters. The number of rotatable bonds is 3. The minimum Gasteiger partial charge on any atom is -0.398 e. The van der Waals surface area contributed by atoms with Gasteiger partial charge in [0.2, 0.25) is 0 Å². The third kappa shape index (κ3) is 2.37. The van der Waals surface area contributed by atoms with Gasteiger partial charge in [-0.1, -0.05) is 35.6 Å². The summed E-state index contributed by atoms with van der Waals surface area (Å²) in [6.45, 7) is 4.23. The second kappa shape index (κ2) is 5.26. The number of benzene rings is 1. The fraction of sp³-hybridized carbons (Fsp3) is 0.455. The second-order valence-corrected chi connectivity index (χ2v) is 4.91. The highest BCUT2D eigenvalue weighted by Crippen LogP contribution is 2.29. The van der Waals surface area contributed by atoms with Crippen LogP contribution in [0.25, 0.3) is 0 Å². The standard InChI is InChI=1S/C11H16INS/c1-3-8-6-7(2)11(14)9(4-5-12)10(8)13/h6,14H,3-5,13H2,1-2H3. The first-order chi connectivity index (χ1) is 6.61. The predicted molar refractivity (Wildman–Crippen MR) is 74.8 cm³/mol. The van der Waals surface area contributed by atoms with Gasteiger partial charge in [-0.2, -0.15) is 0 Å². The van der Waals surface area contributed by atoms with Crippen LogP contribution >= 0.6 is 35.2 Å². The number of hydrogen-bond acceptors (Lipinski definition) is 2. The normalized spacial score (nSPS) is 10.6. The smallest absolute Gasteiger partial charge is 0.0390 e. The minimum absolute atomic E-state index is 0.944. The highest BCUT2D eigenvalue weighted by atomic mass is 127. The number of nitrogens with two attached hydrogens (primary N) is 1. The van der Waals surface area contributed by atoms with Crippen LogP contribution in [0, 0.1) is 6.92 Å². The Kier molecular flexibility index (Phi) is 4.57. The molecule has 0 heterocycles. The van der Waals surface area contributed by atoms with Crippen LogP contribution in [0.1, 0.15) is 23.6 Å². The number of nitrogen functional groups attached to an aromatic ring is 1. The molecule has 0 aliphatic heterocycles. The maximum Gasteiger partial charge on any atom is 0.0390 e. The molecule has 0 fully saturated rings. The Bertz CT molecular complexity index is 337. The molecule has 0 saturated carbocycles. The van der Waals surface area contributed by atoms with E-state index in [4.69, 9.17) is 5.73 Å². The molecule has 0 aliphatic carbocycles. The summed E-state index contributed by atoms with van der Waals surface area (Å²) in [6.07, 6.45) is 2.01. The van der Waals surface area contributed by atoms with Crippen LogP contribution in [-0.4, -0.2) is 4.43 Å². The summed E-state index contributed by atoms with van der Waals surface area (Å²) < 4.78 is 1.09. The molecule has 0 bridgehead atoms. The van der Waals surface area contributed by atoms with Crippen LogP contribution in [0.4, 0.5) is 5.69 Å². The maximum atomic E-state index is 6.10. The average molecular weight is 321 g/mol. The lowest BCUT2D eigenvalue weighted by Gasteiger charge is -2.14. The summed E-state index contributed by atoms with van der Waals surface area (Å²) in [5.41, 5.74) is 10.7. The van der Waals surface area contributed by atoms with E-state index in [1.807, 2.05) is 0 Å². The molecule has 1 rings (SSSR count). The highest BCUT2D eigenvalue weighted by Gasteiger charge is 2.10. The Morgan fingerprint density at radius 1 is 1.50 bits per heavy atom. The lowest BCUT2D eigenvalue weighted by atomic mass is 10.00. The number of anilines is 1. The largest absolute Gasteiger partial charge is 0.398 e. The molecule has 0 amide bonds. The number of thiol groups is 1. The summed E-state index contributed by atoms with van der Waals surface area (Å²) in [4.78, 5) is 1.07. The average Bonchev–Trinajstić information content (AvgIpc) is 2.18. The van der Waals surface area contributed by atoms with Crippen molar-refractivity contribution in [2.45, 2.75) is 31.6 Å². The Morgan fingerprint density at radius 2 is 2.14 bits per heavy atom. The van der Waals surface area contributed by atoms with E-state index < -0.39 is 0 Å². The van der Waals surface area contributed by atoms with Gasteiger partial charge in [-0.05, 0) is 36.5 Å². The summed E-state index contributed by atoms with van der Waals surface area (Å²) in [6, 6.07) is 2.15. The summed E-state index contributed by atoms with van der Waals surface area (Å²) in [5, 5.41) is 0. The highest BCUT2D eigenvalue weighted by molar-refractivity contribution is 14.1. The van der Waals surface area contributed by atoms with Gasteiger partial charge in [0, 0.05) is 15.0 Å². The Labute approximate surface area is 105 Å². The third-order valence-corrected chi connectivity index (χ3v) is 3.61. The zero-order valence-electron chi connectivity index (χ0n) is 8.60. The summed E-state index contributed by atoms with van der Waals surface area (Å²) in [7, 11) is 0. The van der Waals surface area contributed by atoms with E-state index in [0.29, 0.717) is 0 Å². The Hall–Kier alpha value is 0.1000. The van der Waals surface area contributed by atoms with Crippen molar-refractivity contribution in [3.05, 3.63) is 22.8 Å².